The van der Waals surface area contributed by atoms with Crippen molar-refractivity contribution in [2.75, 3.05) is 5.73 Å². The summed E-state index contributed by atoms with van der Waals surface area (Å²) in [4.78, 5) is 5.39. The highest BCUT2D eigenvalue weighted by atomic mass is 32.2. The Bertz CT molecular complexity index is 976. The SMILES string of the molecule is Cc1ccc(-c2nc(N)sc2CNS(=O)(=O)c2ccc(C)cc2)cc1. The zero-order chi connectivity index (χ0) is 18.0. The first kappa shape index (κ1) is 17.6. The summed E-state index contributed by atoms with van der Waals surface area (Å²) in [6, 6.07) is 14.6. The van der Waals surface area contributed by atoms with Gasteiger partial charge >= 0.3 is 0 Å². The molecule has 3 N–H and O–H groups in total. The number of thiazole rings is 1. The van der Waals surface area contributed by atoms with E-state index in [4.69, 9.17) is 5.73 Å². The van der Waals surface area contributed by atoms with Gasteiger partial charge in [-0.3, -0.25) is 0 Å². The Kier molecular flexibility index (Phi) is 4.89. The Morgan fingerprint density at radius 2 is 1.56 bits per heavy atom. The van der Waals surface area contributed by atoms with Crippen LogP contribution in [0.5, 0.6) is 0 Å². The largest absolute Gasteiger partial charge is 0.375 e. The van der Waals surface area contributed by atoms with Gasteiger partial charge in [0, 0.05) is 17.0 Å². The number of sulfonamides is 1. The van der Waals surface area contributed by atoms with Gasteiger partial charge in [-0.2, -0.15) is 0 Å². The van der Waals surface area contributed by atoms with Crippen LogP contribution in [0.4, 0.5) is 5.13 Å². The van der Waals surface area contributed by atoms with Gasteiger partial charge in [0.25, 0.3) is 0 Å². The second kappa shape index (κ2) is 6.95. The maximum absolute atomic E-state index is 12.5. The Balaban J connectivity index is 1.84. The third-order valence-electron chi connectivity index (χ3n) is 3.79. The quantitative estimate of drug-likeness (QED) is 0.717. The fourth-order valence-corrected chi connectivity index (χ4v) is 4.27. The Morgan fingerprint density at radius 3 is 2.16 bits per heavy atom. The number of anilines is 1. The van der Waals surface area contributed by atoms with Crippen molar-refractivity contribution in [1.82, 2.24) is 9.71 Å². The third-order valence-corrected chi connectivity index (χ3v) is 6.09. The molecule has 0 amide bonds. The molecule has 0 aliphatic heterocycles. The lowest BCUT2D eigenvalue weighted by Crippen LogP contribution is -2.23. The van der Waals surface area contributed by atoms with E-state index in [0.29, 0.717) is 10.8 Å². The zero-order valence-electron chi connectivity index (χ0n) is 14.0. The first-order valence-corrected chi connectivity index (χ1v) is 10.0. The molecule has 0 aliphatic carbocycles. The second-order valence-electron chi connectivity index (χ2n) is 5.83. The van der Waals surface area contributed by atoms with Crippen molar-refractivity contribution in [2.24, 2.45) is 0 Å². The lowest BCUT2D eigenvalue weighted by molar-refractivity contribution is 0.582. The summed E-state index contributed by atoms with van der Waals surface area (Å²) in [5.41, 5.74) is 9.64. The van der Waals surface area contributed by atoms with Crippen molar-refractivity contribution < 1.29 is 8.42 Å². The lowest BCUT2D eigenvalue weighted by Gasteiger charge is -2.07. The highest BCUT2D eigenvalue weighted by molar-refractivity contribution is 7.89. The van der Waals surface area contributed by atoms with E-state index < -0.39 is 10.0 Å². The minimum Gasteiger partial charge on any atom is -0.375 e. The predicted octanol–water partition coefficient (Wildman–Crippen LogP) is 3.49. The van der Waals surface area contributed by atoms with Crippen molar-refractivity contribution >= 4 is 26.5 Å². The maximum atomic E-state index is 12.5. The molecule has 1 heterocycles. The topological polar surface area (TPSA) is 85.1 Å². The molecule has 0 fully saturated rings. The van der Waals surface area contributed by atoms with Gasteiger partial charge in [0.2, 0.25) is 10.0 Å². The van der Waals surface area contributed by atoms with E-state index in [1.54, 1.807) is 24.3 Å². The van der Waals surface area contributed by atoms with E-state index in [0.717, 1.165) is 21.6 Å². The van der Waals surface area contributed by atoms with Gasteiger partial charge in [0.05, 0.1) is 10.6 Å². The molecule has 3 aromatic rings. The number of nitrogens with zero attached hydrogens (tertiary/aromatic N) is 1. The summed E-state index contributed by atoms with van der Waals surface area (Å²) in [6.07, 6.45) is 0. The lowest BCUT2D eigenvalue weighted by atomic mass is 10.1. The third kappa shape index (κ3) is 4.07. The summed E-state index contributed by atoms with van der Waals surface area (Å²) in [5.74, 6) is 0. The highest BCUT2D eigenvalue weighted by Gasteiger charge is 2.17. The molecule has 0 radical (unpaired) electrons. The van der Waals surface area contributed by atoms with Gasteiger partial charge in [-0.25, -0.2) is 18.1 Å². The summed E-state index contributed by atoms with van der Waals surface area (Å²) < 4.78 is 27.5. The fraction of sp³-hybridized carbons (Fsp3) is 0.167. The summed E-state index contributed by atoms with van der Waals surface area (Å²) in [6.45, 7) is 4.07. The number of hydrogen-bond acceptors (Lipinski definition) is 5. The fourth-order valence-electron chi connectivity index (χ4n) is 2.39. The molecule has 0 aliphatic rings. The van der Waals surface area contributed by atoms with Crippen molar-refractivity contribution in [3.05, 3.63) is 64.5 Å². The zero-order valence-corrected chi connectivity index (χ0v) is 15.6. The molecule has 2 aromatic carbocycles. The number of benzene rings is 2. The predicted molar refractivity (Wildman–Crippen MR) is 102 cm³/mol. The van der Waals surface area contributed by atoms with Crippen molar-refractivity contribution in [1.29, 1.82) is 0 Å². The molecule has 0 saturated carbocycles. The Labute approximate surface area is 151 Å². The van der Waals surface area contributed by atoms with Gasteiger partial charge in [-0.1, -0.05) is 47.5 Å². The van der Waals surface area contributed by atoms with Crippen LogP contribution in [0, 0.1) is 13.8 Å². The minimum atomic E-state index is -3.58. The van der Waals surface area contributed by atoms with Gasteiger partial charge < -0.3 is 5.73 Å². The first-order valence-electron chi connectivity index (χ1n) is 7.74. The molecule has 0 unspecified atom stereocenters. The van der Waals surface area contributed by atoms with Gasteiger partial charge in [-0.05, 0) is 26.0 Å². The van der Waals surface area contributed by atoms with Gasteiger partial charge in [0.15, 0.2) is 5.13 Å². The monoisotopic (exact) mass is 373 g/mol. The number of rotatable bonds is 5. The van der Waals surface area contributed by atoms with Crippen LogP contribution in [0.3, 0.4) is 0 Å². The van der Waals surface area contributed by atoms with E-state index in [-0.39, 0.29) is 11.4 Å². The molecule has 1 aromatic heterocycles. The summed E-state index contributed by atoms with van der Waals surface area (Å²) >= 11 is 1.29. The first-order chi connectivity index (χ1) is 11.8. The van der Waals surface area contributed by atoms with Crippen molar-refractivity contribution in [2.45, 2.75) is 25.3 Å². The van der Waals surface area contributed by atoms with Crippen molar-refractivity contribution in [3.63, 3.8) is 0 Å². The van der Waals surface area contributed by atoms with Crippen molar-refractivity contribution in [3.8, 4) is 11.3 Å². The number of aromatic nitrogens is 1. The van der Waals surface area contributed by atoms with E-state index in [2.05, 4.69) is 9.71 Å². The molecule has 25 heavy (non-hydrogen) atoms. The molecule has 5 nitrogen and oxygen atoms in total. The van der Waals surface area contributed by atoms with Crippen LogP contribution >= 0.6 is 11.3 Å². The molecule has 0 saturated heterocycles. The molecule has 3 rings (SSSR count). The summed E-state index contributed by atoms with van der Waals surface area (Å²) in [7, 11) is -3.58. The van der Waals surface area contributed by atoms with Crippen LogP contribution in [-0.2, 0) is 16.6 Å². The van der Waals surface area contributed by atoms with Crippen LogP contribution < -0.4 is 10.5 Å². The molecule has 130 valence electrons. The molecular weight excluding hydrogens is 354 g/mol. The van der Waals surface area contributed by atoms with Crippen LogP contribution in [0.25, 0.3) is 11.3 Å². The van der Waals surface area contributed by atoms with Crippen LogP contribution in [0.1, 0.15) is 16.0 Å². The smallest absolute Gasteiger partial charge is 0.240 e. The number of nitrogens with one attached hydrogen (secondary N) is 1. The van der Waals surface area contributed by atoms with Gasteiger partial charge in [-0.15, -0.1) is 11.3 Å². The van der Waals surface area contributed by atoms with E-state index in [9.17, 15) is 8.42 Å². The van der Waals surface area contributed by atoms with Crippen LogP contribution in [0.15, 0.2) is 53.4 Å². The average molecular weight is 374 g/mol. The second-order valence-corrected chi connectivity index (χ2v) is 8.71. The minimum absolute atomic E-state index is 0.147. The summed E-state index contributed by atoms with van der Waals surface area (Å²) in [5, 5.41) is 0.417. The van der Waals surface area contributed by atoms with Crippen LogP contribution in [-0.4, -0.2) is 13.4 Å². The normalized spacial score (nSPS) is 11.6. The molecule has 0 bridgehead atoms. The molecule has 0 atom stereocenters. The Morgan fingerprint density at radius 1 is 1.00 bits per heavy atom. The number of nitrogens with two attached hydrogens (primary N) is 1. The van der Waals surface area contributed by atoms with E-state index in [1.807, 2.05) is 38.1 Å². The van der Waals surface area contributed by atoms with Gasteiger partial charge in [0.1, 0.15) is 0 Å². The highest BCUT2D eigenvalue weighted by Crippen LogP contribution is 2.30. The molecular formula is C18H19N3O2S2. The molecule has 0 spiro atoms. The van der Waals surface area contributed by atoms with E-state index >= 15 is 0 Å². The maximum Gasteiger partial charge on any atom is 0.240 e. The number of hydrogen-bond donors (Lipinski definition) is 2. The van der Waals surface area contributed by atoms with E-state index in [1.165, 1.54) is 11.3 Å². The average Bonchev–Trinajstić information content (AvgIpc) is 2.95. The van der Waals surface area contributed by atoms with Crippen LogP contribution in [0.2, 0.25) is 0 Å². The number of nitrogen functional groups attached to an aromatic ring is 1. The molecule has 7 heteroatoms. The standard InChI is InChI=1S/C18H19N3O2S2/c1-12-3-7-14(8-4-12)17-16(24-18(19)21-17)11-20-25(22,23)15-9-5-13(2)6-10-15/h3-10,20H,11H2,1-2H3,(H2,19,21). The Hall–Kier alpha value is -2.22. The number of aryl methyl sites for hydroxylation is 2.